The standard InChI is InChI=1S/C19H20N2O5S/c20-27(23,24)16-3-2-14-5-6-21(12-15(14)11-16)19(22)10-13-1-4-17-18(9-13)26-8-7-25-17/h1-4,9,11H,5-8,10,12H2,(H2,20,23,24). The lowest BCUT2D eigenvalue weighted by molar-refractivity contribution is -0.131. The van der Waals surface area contributed by atoms with E-state index in [0.717, 1.165) is 16.7 Å². The van der Waals surface area contributed by atoms with Crippen molar-refractivity contribution in [3.63, 3.8) is 0 Å². The van der Waals surface area contributed by atoms with Gasteiger partial charge in [0.05, 0.1) is 11.3 Å². The summed E-state index contributed by atoms with van der Waals surface area (Å²) in [5, 5.41) is 5.21. The van der Waals surface area contributed by atoms with E-state index in [1.54, 1.807) is 17.0 Å². The molecule has 4 rings (SSSR count). The number of hydrogen-bond donors (Lipinski definition) is 1. The summed E-state index contributed by atoms with van der Waals surface area (Å²) in [4.78, 5) is 14.6. The van der Waals surface area contributed by atoms with Gasteiger partial charge in [0.1, 0.15) is 13.2 Å². The van der Waals surface area contributed by atoms with Crippen molar-refractivity contribution in [3.05, 3.63) is 53.1 Å². The predicted molar refractivity (Wildman–Crippen MR) is 98.1 cm³/mol. The number of benzene rings is 2. The third-order valence-electron chi connectivity index (χ3n) is 4.83. The summed E-state index contributed by atoms with van der Waals surface area (Å²) >= 11 is 0. The van der Waals surface area contributed by atoms with E-state index < -0.39 is 10.0 Å². The third-order valence-corrected chi connectivity index (χ3v) is 5.74. The van der Waals surface area contributed by atoms with Gasteiger partial charge in [-0.25, -0.2) is 13.6 Å². The zero-order valence-electron chi connectivity index (χ0n) is 14.7. The van der Waals surface area contributed by atoms with Crippen LogP contribution in [0.2, 0.25) is 0 Å². The van der Waals surface area contributed by atoms with Crippen LogP contribution in [0.1, 0.15) is 16.7 Å². The van der Waals surface area contributed by atoms with Crippen molar-refractivity contribution in [2.24, 2.45) is 5.14 Å². The first-order chi connectivity index (χ1) is 12.9. The molecule has 2 aliphatic rings. The Labute approximate surface area is 157 Å². The Kier molecular flexibility index (Phi) is 4.53. The van der Waals surface area contributed by atoms with E-state index in [4.69, 9.17) is 14.6 Å². The molecule has 0 aromatic heterocycles. The number of carbonyl (C=O) groups excluding carboxylic acids is 1. The molecule has 2 aromatic carbocycles. The number of amides is 1. The Morgan fingerprint density at radius 3 is 2.59 bits per heavy atom. The number of carbonyl (C=O) groups is 1. The minimum Gasteiger partial charge on any atom is -0.486 e. The molecule has 0 atom stereocenters. The Morgan fingerprint density at radius 1 is 1.04 bits per heavy atom. The number of nitrogens with two attached hydrogens (primary N) is 1. The van der Waals surface area contributed by atoms with Gasteiger partial charge in [0, 0.05) is 13.1 Å². The molecule has 2 heterocycles. The SMILES string of the molecule is NS(=O)(=O)c1ccc2c(c1)CN(C(=O)Cc1ccc3c(c1)OCCO3)CC2. The third kappa shape index (κ3) is 3.77. The number of nitrogens with zero attached hydrogens (tertiary/aromatic N) is 1. The molecule has 7 nitrogen and oxygen atoms in total. The van der Waals surface area contributed by atoms with E-state index in [9.17, 15) is 13.2 Å². The molecule has 0 bridgehead atoms. The first-order valence-electron chi connectivity index (χ1n) is 8.71. The van der Waals surface area contributed by atoms with Crippen LogP contribution >= 0.6 is 0 Å². The largest absolute Gasteiger partial charge is 0.486 e. The molecule has 2 aliphatic heterocycles. The van der Waals surface area contributed by atoms with E-state index in [1.165, 1.54) is 6.07 Å². The van der Waals surface area contributed by atoms with Crippen LogP contribution in [-0.4, -0.2) is 39.0 Å². The summed E-state index contributed by atoms with van der Waals surface area (Å²) in [6.45, 7) is 2.01. The first-order valence-corrected chi connectivity index (χ1v) is 10.3. The van der Waals surface area contributed by atoms with E-state index in [1.807, 2.05) is 18.2 Å². The molecule has 0 aliphatic carbocycles. The number of primary sulfonamides is 1. The maximum Gasteiger partial charge on any atom is 0.238 e. The maximum atomic E-state index is 12.7. The Bertz CT molecular complexity index is 1000. The molecule has 0 unspecified atom stereocenters. The van der Waals surface area contributed by atoms with Crippen molar-refractivity contribution >= 4 is 15.9 Å². The second-order valence-corrected chi connectivity index (χ2v) is 8.26. The summed E-state index contributed by atoms with van der Waals surface area (Å²) in [6.07, 6.45) is 0.938. The highest BCUT2D eigenvalue weighted by molar-refractivity contribution is 7.89. The highest BCUT2D eigenvalue weighted by Crippen LogP contribution is 2.31. The molecule has 142 valence electrons. The molecule has 2 N–H and O–H groups in total. The van der Waals surface area contributed by atoms with E-state index >= 15 is 0 Å². The van der Waals surface area contributed by atoms with Gasteiger partial charge in [-0.3, -0.25) is 4.79 Å². The van der Waals surface area contributed by atoms with Crippen LogP contribution in [0.5, 0.6) is 11.5 Å². The van der Waals surface area contributed by atoms with Gasteiger partial charge in [-0.15, -0.1) is 0 Å². The van der Waals surface area contributed by atoms with Gasteiger partial charge >= 0.3 is 0 Å². The number of sulfonamides is 1. The van der Waals surface area contributed by atoms with Gasteiger partial charge in [0.25, 0.3) is 0 Å². The van der Waals surface area contributed by atoms with Crippen molar-refractivity contribution < 1.29 is 22.7 Å². The Balaban J connectivity index is 1.49. The highest BCUT2D eigenvalue weighted by Gasteiger charge is 2.23. The minimum atomic E-state index is -3.76. The van der Waals surface area contributed by atoms with Crippen LogP contribution < -0.4 is 14.6 Å². The summed E-state index contributed by atoms with van der Waals surface area (Å²) in [5.41, 5.74) is 2.72. The maximum absolute atomic E-state index is 12.7. The lowest BCUT2D eigenvalue weighted by atomic mass is 9.99. The fourth-order valence-electron chi connectivity index (χ4n) is 3.41. The van der Waals surface area contributed by atoms with E-state index in [0.29, 0.717) is 44.2 Å². The summed E-state index contributed by atoms with van der Waals surface area (Å²) in [6, 6.07) is 10.4. The second-order valence-electron chi connectivity index (χ2n) is 6.70. The molecule has 0 saturated carbocycles. The van der Waals surface area contributed by atoms with Crippen LogP contribution in [0.4, 0.5) is 0 Å². The smallest absolute Gasteiger partial charge is 0.238 e. The summed E-state index contributed by atoms with van der Waals surface area (Å²) in [5.74, 6) is 1.34. The summed E-state index contributed by atoms with van der Waals surface area (Å²) in [7, 11) is -3.76. The van der Waals surface area contributed by atoms with Crippen LogP contribution in [-0.2, 0) is 34.2 Å². The van der Waals surface area contributed by atoms with Crippen LogP contribution in [0.15, 0.2) is 41.3 Å². The van der Waals surface area contributed by atoms with Crippen molar-refractivity contribution in [3.8, 4) is 11.5 Å². The Morgan fingerprint density at radius 2 is 1.81 bits per heavy atom. The highest BCUT2D eigenvalue weighted by atomic mass is 32.2. The average molecular weight is 388 g/mol. The number of fused-ring (bicyclic) bond motifs is 2. The molecule has 0 spiro atoms. The van der Waals surface area contributed by atoms with Crippen molar-refractivity contribution in [2.75, 3.05) is 19.8 Å². The molecule has 0 fully saturated rings. The van der Waals surface area contributed by atoms with Crippen LogP contribution in [0.3, 0.4) is 0 Å². The monoisotopic (exact) mass is 388 g/mol. The van der Waals surface area contributed by atoms with E-state index in [-0.39, 0.29) is 17.2 Å². The lowest BCUT2D eigenvalue weighted by Crippen LogP contribution is -2.37. The molecule has 27 heavy (non-hydrogen) atoms. The summed E-state index contributed by atoms with van der Waals surface area (Å²) < 4.78 is 34.2. The topological polar surface area (TPSA) is 98.9 Å². The molecule has 0 radical (unpaired) electrons. The first kappa shape index (κ1) is 17.8. The normalized spacial score (nSPS) is 16.0. The molecular weight excluding hydrogens is 368 g/mol. The van der Waals surface area contributed by atoms with Crippen LogP contribution in [0.25, 0.3) is 0 Å². The number of rotatable bonds is 3. The van der Waals surface area contributed by atoms with Gasteiger partial charge in [-0.05, 0) is 47.4 Å². The zero-order valence-corrected chi connectivity index (χ0v) is 15.5. The molecule has 2 aromatic rings. The minimum absolute atomic E-state index is 0.0154. The number of hydrogen-bond acceptors (Lipinski definition) is 5. The lowest BCUT2D eigenvalue weighted by Gasteiger charge is -2.29. The Hall–Kier alpha value is -2.58. The molecule has 8 heteroatoms. The number of ether oxygens (including phenoxy) is 2. The molecule has 0 saturated heterocycles. The van der Waals surface area contributed by atoms with Gasteiger partial charge < -0.3 is 14.4 Å². The predicted octanol–water partition coefficient (Wildman–Crippen LogP) is 1.23. The fraction of sp³-hybridized carbons (Fsp3) is 0.316. The molecule has 1 amide bonds. The van der Waals surface area contributed by atoms with Crippen molar-refractivity contribution in [1.82, 2.24) is 4.90 Å². The zero-order chi connectivity index (χ0) is 19.0. The van der Waals surface area contributed by atoms with Crippen LogP contribution in [0, 0.1) is 0 Å². The quantitative estimate of drug-likeness (QED) is 0.853. The van der Waals surface area contributed by atoms with Gasteiger partial charge in [0.2, 0.25) is 15.9 Å². The van der Waals surface area contributed by atoms with Crippen molar-refractivity contribution in [1.29, 1.82) is 0 Å². The van der Waals surface area contributed by atoms with Gasteiger partial charge in [-0.2, -0.15) is 0 Å². The van der Waals surface area contributed by atoms with Crippen molar-refractivity contribution in [2.45, 2.75) is 24.3 Å². The average Bonchev–Trinajstić information content (AvgIpc) is 2.66. The molecular formula is C19H20N2O5S. The van der Waals surface area contributed by atoms with E-state index in [2.05, 4.69) is 0 Å². The second kappa shape index (κ2) is 6.86. The van der Waals surface area contributed by atoms with Gasteiger partial charge in [-0.1, -0.05) is 12.1 Å². The fourth-order valence-corrected chi connectivity index (χ4v) is 3.97. The van der Waals surface area contributed by atoms with Gasteiger partial charge in [0.15, 0.2) is 11.5 Å².